The molecule has 2 saturated heterocycles. The number of fused-ring (bicyclic) bond motifs is 1. The first-order chi connectivity index (χ1) is 12.4. The molecule has 4 rings (SSSR count). The Labute approximate surface area is 150 Å². The minimum absolute atomic E-state index is 0.0935. The molecule has 1 spiro atoms. The second-order valence-corrected chi connectivity index (χ2v) is 7.43. The van der Waals surface area contributed by atoms with Gasteiger partial charge < -0.3 is 24.3 Å². The van der Waals surface area contributed by atoms with Crippen LogP contribution >= 0.6 is 0 Å². The van der Waals surface area contributed by atoms with Gasteiger partial charge in [-0.2, -0.15) is 0 Å². The van der Waals surface area contributed by atoms with Crippen LogP contribution in [0, 0.1) is 5.41 Å². The fourth-order valence-electron chi connectivity index (χ4n) is 4.21. The summed E-state index contributed by atoms with van der Waals surface area (Å²) in [6, 6.07) is -0.380. The molecule has 2 amide bonds. The van der Waals surface area contributed by atoms with Gasteiger partial charge in [-0.05, 0) is 20.3 Å². The summed E-state index contributed by atoms with van der Waals surface area (Å²) < 4.78 is 27.7. The molecule has 0 aromatic carbocycles. The van der Waals surface area contributed by atoms with Crippen LogP contribution < -0.4 is 5.32 Å². The number of esters is 1. The quantitative estimate of drug-likeness (QED) is 0.813. The highest BCUT2D eigenvalue weighted by Gasteiger charge is 2.68. The number of carbonyl (C=O) groups excluding carboxylic acids is 2. The monoisotopic (exact) mass is 366 g/mol. The van der Waals surface area contributed by atoms with Crippen molar-refractivity contribution in [2.75, 3.05) is 32.9 Å². The number of rotatable bonds is 3. The van der Waals surface area contributed by atoms with E-state index in [4.69, 9.17) is 9.47 Å². The fourth-order valence-corrected chi connectivity index (χ4v) is 4.21. The lowest BCUT2D eigenvalue weighted by Crippen LogP contribution is -2.61. The van der Waals surface area contributed by atoms with Crippen LogP contribution in [0.4, 0.5) is 9.18 Å². The van der Waals surface area contributed by atoms with E-state index in [2.05, 4.69) is 17.2 Å². The van der Waals surface area contributed by atoms with Crippen LogP contribution in [-0.4, -0.2) is 65.0 Å². The maximum absolute atomic E-state index is 15.6. The van der Waals surface area contributed by atoms with Gasteiger partial charge >= 0.3 is 12.0 Å². The minimum atomic E-state index is -2.24. The first-order valence-corrected chi connectivity index (χ1v) is 8.92. The number of hydrogen-bond donors (Lipinski definition) is 1. The van der Waals surface area contributed by atoms with Crippen molar-refractivity contribution in [2.24, 2.45) is 5.41 Å². The van der Waals surface area contributed by atoms with Crippen LogP contribution in [-0.2, 0) is 14.3 Å². The van der Waals surface area contributed by atoms with Gasteiger partial charge in [0.25, 0.3) is 0 Å². The normalized spacial score (nSPS) is 31.6. The first-order valence-electron chi connectivity index (χ1n) is 8.92. The number of alkyl halides is 1. The Morgan fingerprint density at radius 1 is 1.46 bits per heavy atom. The summed E-state index contributed by atoms with van der Waals surface area (Å²) in [7, 11) is 0. The fraction of sp³-hybridized carbons (Fsp3) is 0.706. The van der Waals surface area contributed by atoms with Crippen LogP contribution in [0.2, 0.25) is 0 Å². The summed E-state index contributed by atoms with van der Waals surface area (Å²) in [5.41, 5.74) is -3.25. The molecule has 0 aliphatic carbocycles. The third-order valence-electron chi connectivity index (χ3n) is 5.75. The van der Waals surface area contributed by atoms with Gasteiger partial charge in [-0.25, -0.2) is 19.0 Å². The molecule has 8 nitrogen and oxygen atoms in total. The first kappa shape index (κ1) is 17.3. The van der Waals surface area contributed by atoms with E-state index in [0.29, 0.717) is 0 Å². The molecular formula is C17H23FN4O4. The number of ether oxygens (including phenoxy) is 2. The van der Waals surface area contributed by atoms with E-state index in [1.807, 2.05) is 10.8 Å². The Morgan fingerprint density at radius 2 is 2.23 bits per heavy atom. The molecule has 2 fully saturated rings. The topological polar surface area (TPSA) is 85.7 Å². The molecule has 4 heterocycles. The van der Waals surface area contributed by atoms with Crippen molar-refractivity contribution >= 4 is 12.0 Å². The van der Waals surface area contributed by atoms with E-state index in [1.54, 1.807) is 13.1 Å². The number of aromatic nitrogens is 2. The lowest BCUT2D eigenvalue weighted by molar-refractivity contribution is -0.196. The van der Waals surface area contributed by atoms with Crippen molar-refractivity contribution in [1.82, 2.24) is 19.8 Å². The number of nitrogens with one attached hydrogen (secondary N) is 1. The van der Waals surface area contributed by atoms with Crippen LogP contribution in [0.25, 0.3) is 0 Å². The molecule has 0 bridgehead atoms. The molecule has 3 atom stereocenters. The zero-order chi connectivity index (χ0) is 18.5. The highest BCUT2D eigenvalue weighted by atomic mass is 19.1. The number of nitrogens with zero attached hydrogens (tertiary/aromatic N) is 3. The van der Waals surface area contributed by atoms with Crippen LogP contribution in [0.5, 0.6) is 0 Å². The van der Waals surface area contributed by atoms with Crippen LogP contribution in [0.15, 0.2) is 12.4 Å². The molecule has 3 aliphatic heterocycles. The number of halogens is 1. The molecule has 1 aromatic heterocycles. The van der Waals surface area contributed by atoms with Crippen molar-refractivity contribution < 1.29 is 23.5 Å². The van der Waals surface area contributed by atoms with Crippen molar-refractivity contribution in [3.05, 3.63) is 18.2 Å². The second-order valence-electron chi connectivity index (χ2n) is 7.43. The highest BCUT2D eigenvalue weighted by molar-refractivity contribution is 5.85. The molecule has 1 N–H and O–H groups in total. The number of imidazole rings is 1. The average molecular weight is 366 g/mol. The molecule has 3 unspecified atom stereocenters. The SMILES string of the molecule is CCOC(=O)C1(F)CN(C(=O)NC2CC(C)n3ccnc32)CC12COC2. The summed E-state index contributed by atoms with van der Waals surface area (Å²) >= 11 is 0. The van der Waals surface area contributed by atoms with Gasteiger partial charge in [-0.15, -0.1) is 0 Å². The van der Waals surface area contributed by atoms with Crippen LogP contribution in [0.1, 0.15) is 38.2 Å². The second kappa shape index (κ2) is 5.94. The van der Waals surface area contributed by atoms with Gasteiger partial charge in [-0.1, -0.05) is 0 Å². The predicted molar refractivity (Wildman–Crippen MR) is 88.1 cm³/mol. The Kier molecular flexibility index (Phi) is 3.94. The minimum Gasteiger partial charge on any atom is -0.464 e. The van der Waals surface area contributed by atoms with E-state index in [0.717, 1.165) is 12.2 Å². The Hall–Kier alpha value is -2.16. The molecule has 26 heavy (non-hydrogen) atoms. The number of hydrogen-bond acceptors (Lipinski definition) is 5. The maximum Gasteiger partial charge on any atom is 0.346 e. The molecule has 3 aliphatic rings. The average Bonchev–Trinajstić information content (AvgIpc) is 3.23. The standard InChI is InChI=1S/C17H23FN4O4/c1-3-26-14(23)17(18)8-21(7-16(17)9-25-10-16)15(24)20-12-6-11(2)22-5-4-19-13(12)22/h4-5,11-12H,3,6-10H2,1-2H3,(H,20,24). The summed E-state index contributed by atoms with van der Waals surface area (Å²) in [6.07, 6.45) is 4.32. The lowest BCUT2D eigenvalue weighted by Gasteiger charge is -2.43. The smallest absolute Gasteiger partial charge is 0.346 e. The molecule has 0 saturated carbocycles. The molecule has 0 radical (unpaired) electrons. The lowest BCUT2D eigenvalue weighted by atomic mass is 9.74. The van der Waals surface area contributed by atoms with Crippen molar-refractivity contribution in [2.45, 2.75) is 38.0 Å². The summed E-state index contributed by atoms with van der Waals surface area (Å²) in [5.74, 6) is -0.118. The summed E-state index contributed by atoms with van der Waals surface area (Å²) in [5, 5.41) is 2.93. The van der Waals surface area contributed by atoms with Gasteiger partial charge in [0.1, 0.15) is 5.82 Å². The number of urea groups is 1. The predicted octanol–water partition coefficient (Wildman–Crippen LogP) is 1.20. The zero-order valence-corrected chi connectivity index (χ0v) is 14.9. The number of carbonyl (C=O) groups is 2. The molecule has 1 aromatic rings. The number of likely N-dealkylation sites (tertiary alicyclic amines) is 1. The Bertz CT molecular complexity index is 734. The van der Waals surface area contributed by atoms with E-state index in [-0.39, 0.29) is 45.0 Å². The van der Waals surface area contributed by atoms with E-state index in [1.165, 1.54) is 4.90 Å². The van der Waals surface area contributed by atoms with Gasteiger partial charge in [0.05, 0.1) is 37.8 Å². The van der Waals surface area contributed by atoms with Gasteiger partial charge in [-0.3, -0.25) is 0 Å². The molecular weight excluding hydrogens is 343 g/mol. The Morgan fingerprint density at radius 3 is 2.88 bits per heavy atom. The van der Waals surface area contributed by atoms with E-state index < -0.39 is 23.1 Å². The van der Waals surface area contributed by atoms with Crippen LogP contribution in [0.3, 0.4) is 0 Å². The molecule has 142 valence electrons. The van der Waals surface area contributed by atoms with E-state index in [9.17, 15) is 9.59 Å². The third-order valence-corrected chi connectivity index (χ3v) is 5.75. The number of amides is 2. The maximum atomic E-state index is 15.6. The van der Waals surface area contributed by atoms with Gasteiger partial charge in [0, 0.05) is 25.0 Å². The third kappa shape index (κ3) is 2.33. The summed E-state index contributed by atoms with van der Waals surface area (Å²) in [6.45, 7) is 3.81. The van der Waals surface area contributed by atoms with Crippen molar-refractivity contribution in [3.63, 3.8) is 0 Å². The summed E-state index contributed by atoms with van der Waals surface area (Å²) in [4.78, 5) is 30.7. The largest absolute Gasteiger partial charge is 0.464 e. The highest BCUT2D eigenvalue weighted by Crippen LogP contribution is 2.48. The van der Waals surface area contributed by atoms with Gasteiger partial charge in [0.2, 0.25) is 5.67 Å². The molecule has 9 heteroatoms. The van der Waals surface area contributed by atoms with Gasteiger partial charge in [0.15, 0.2) is 0 Å². The van der Waals surface area contributed by atoms with Crippen molar-refractivity contribution in [1.29, 1.82) is 0 Å². The van der Waals surface area contributed by atoms with E-state index >= 15 is 4.39 Å². The Balaban J connectivity index is 1.49. The zero-order valence-electron chi connectivity index (χ0n) is 14.9. The van der Waals surface area contributed by atoms with Crippen molar-refractivity contribution in [3.8, 4) is 0 Å².